The summed E-state index contributed by atoms with van der Waals surface area (Å²) in [5, 5.41) is 26.5. The molecule has 0 aliphatic carbocycles. The monoisotopic (exact) mass is 339 g/mol. The lowest BCUT2D eigenvalue weighted by Gasteiger charge is -2.06. The first-order valence-corrected chi connectivity index (χ1v) is 8.03. The first kappa shape index (κ1) is 16.2. The van der Waals surface area contributed by atoms with Crippen molar-refractivity contribution in [3.8, 4) is 17.5 Å². The number of tetrazole rings is 1. The van der Waals surface area contributed by atoms with Gasteiger partial charge in [0.15, 0.2) is 0 Å². The molecule has 0 spiro atoms. The van der Waals surface area contributed by atoms with Crippen molar-refractivity contribution < 1.29 is 0 Å². The summed E-state index contributed by atoms with van der Waals surface area (Å²) in [6, 6.07) is 9.41. The molecule has 122 valence electrons. The number of benzene rings is 1. The molecule has 8 heteroatoms. The first-order chi connectivity index (χ1) is 11.6. The fourth-order valence-electron chi connectivity index (χ4n) is 2.28. The van der Waals surface area contributed by atoms with Crippen LogP contribution in [0.15, 0.2) is 35.5 Å². The maximum Gasteiger partial charge on any atom is 0.209 e. The predicted molar refractivity (Wildman–Crippen MR) is 91.4 cm³/mol. The van der Waals surface area contributed by atoms with Gasteiger partial charge in [-0.1, -0.05) is 26.0 Å². The zero-order valence-corrected chi connectivity index (χ0v) is 14.4. The number of thiol groups is 1. The van der Waals surface area contributed by atoms with Gasteiger partial charge in [-0.15, -0.1) is 22.8 Å². The molecule has 0 N–H and O–H groups in total. The minimum atomic E-state index is 0.476. The Bertz CT molecular complexity index is 871. The quantitative estimate of drug-likeness (QED) is 0.722. The number of nitrogens with zero attached hydrogens (tertiary/aromatic N) is 7. The van der Waals surface area contributed by atoms with Gasteiger partial charge in [0.1, 0.15) is 5.03 Å². The predicted octanol–water partition coefficient (Wildman–Crippen LogP) is 2.40. The van der Waals surface area contributed by atoms with Gasteiger partial charge in [-0.2, -0.15) is 15.2 Å². The van der Waals surface area contributed by atoms with E-state index in [0.29, 0.717) is 23.9 Å². The normalized spacial score (nSPS) is 11.0. The van der Waals surface area contributed by atoms with E-state index in [1.165, 1.54) is 4.80 Å². The van der Waals surface area contributed by atoms with Crippen LogP contribution in [0.25, 0.3) is 11.4 Å². The molecule has 0 bridgehead atoms. The Kier molecular flexibility index (Phi) is 4.62. The molecule has 3 rings (SSSR count). The summed E-state index contributed by atoms with van der Waals surface area (Å²) in [4.78, 5) is 1.52. The Morgan fingerprint density at radius 3 is 2.67 bits per heavy atom. The SMILES string of the molecule is CC(C)Cn1ncc(-c2nnn(Cc3ccc(C#N)cc3)n2)c1S. The van der Waals surface area contributed by atoms with Crippen LogP contribution in [0.2, 0.25) is 0 Å². The Hall–Kier alpha value is -2.66. The van der Waals surface area contributed by atoms with E-state index in [-0.39, 0.29) is 0 Å². The second-order valence-corrected chi connectivity index (χ2v) is 6.33. The molecule has 1 aromatic carbocycles. The number of nitriles is 1. The number of hydrogen-bond acceptors (Lipinski definition) is 6. The summed E-state index contributed by atoms with van der Waals surface area (Å²) in [6.07, 6.45) is 1.72. The van der Waals surface area contributed by atoms with Gasteiger partial charge in [-0.25, -0.2) is 0 Å². The Morgan fingerprint density at radius 2 is 2.00 bits per heavy atom. The minimum absolute atomic E-state index is 0.476. The first-order valence-electron chi connectivity index (χ1n) is 7.59. The molecule has 2 heterocycles. The fourth-order valence-corrected chi connectivity index (χ4v) is 2.57. The summed E-state index contributed by atoms with van der Waals surface area (Å²) in [7, 11) is 0. The Balaban J connectivity index is 1.78. The van der Waals surface area contributed by atoms with Gasteiger partial charge < -0.3 is 0 Å². The summed E-state index contributed by atoms with van der Waals surface area (Å²) in [5.74, 6) is 0.979. The van der Waals surface area contributed by atoms with Gasteiger partial charge in [-0.3, -0.25) is 4.68 Å². The molecule has 0 fully saturated rings. The van der Waals surface area contributed by atoms with Crippen LogP contribution in [0.3, 0.4) is 0 Å². The molecular weight excluding hydrogens is 322 g/mol. The molecule has 0 radical (unpaired) electrons. The summed E-state index contributed by atoms with van der Waals surface area (Å²) in [6.45, 7) is 5.53. The van der Waals surface area contributed by atoms with Crippen LogP contribution in [-0.2, 0) is 13.1 Å². The van der Waals surface area contributed by atoms with Crippen molar-refractivity contribution in [1.29, 1.82) is 5.26 Å². The highest BCUT2D eigenvalue weighted by atomic mass is 32.1. The van der Waals surface area contributed by atoms with Crippen molar-refractivity contribution in [3.63, 3.8) is 0 Å². The van der Waals surface area contributed by atoms with Crippen LogP contribution in [0.5, 0.6) is 0 Å². The highest BCUT2D eigenvalue weighted by Gasteiger charge is 2.15. The zero-order chi connectivity index (χ0) is 17.1. The van der Waals surface area contributed by atoms with Gasteiger partial charge in [0.25, 0.3) is 0 Å². The van der Waals surface area contributed by atoms with Crippen LogP contribution in [0, 0.1) is 17.2 Å². The fraction of sp³-hybridized carbons (Fsp3) is 0.312. The van der Waals surface area contributed by atoms with Crippen LogP contribution in [0.1, 0.15) is 25.0 Å². The molecule has 0 aliphatic heterocycles. The van der Waals surface area contributed by atoms with Crippen LogP contribution in [0.4, 0.5) is 0 Å². The van der Waals surface area contributed by atoms with Crippen molar-refractivity contribution in [1.82, 2.24) is 30.0 Å². The van der Waals surface area contributed by atoms with E-state index in [4.69, 9.17) is 5.26 Å². The molecule has 0 saturated heterocycles. The highest BCUT2D eigenvalue weighted by Crippen LogP contribution is 2.23. The van der Waals surface area contributed by atoms with Gasteiger partial charge >= 0.3 is 0 Å². The lowest BCUT2D eigenvalue weighted by atomic mass is 10.1. The lowest BCUT2D eigenvalue weighted by Crippen LogP contribution is -2.06. The van der Waals surface area contributed by atoms with E-state index in [9.17, 15) is 0 Å². The van der Waals surface area contributed by atoms with E-state index >= 15 is 0 Å². The van der Waals surface area contributed by atoms with E-state index in [1.807, 2.05) is 16.8 Å². The number of rotatable bonds is 5. The van der Waals surface area contributed by atoms with Crippen molar-refractivity contribution in [2.45, 2.75) is 32.0 Å². The van der Waals surface area contributed by atoms with Crippen LogP contribution >= 0.6 is 12.6 Å². The molecule has 7 nitrogen and oxygen atoms in total. The third-order valence-corrected chi connectivity index (χ3v) is 3.92. The molecule has 0 atom stereocenters. The maximum atomic E-state index is 8.83. The smallest absolute Gasteiger partial charge is 0.209 e. The third kappa shape index (κ3) is 3.46. The van der Waals surface area contributed by atoms with E-state index < -0.39 is 0 Å². The highest BCUT2D eigenvalue weighted by molar-refractivity contribution is 7.80. The molecule has 0 unspecified atom stereocenters. The van der Waals surface area contributed by atoms with Crippen molar-refractivity contribution in [3.05, 3.63) is 41.6 Å². The van der Waals surface area contributed by atoms with Crippen molar-refractivity contribution >= 4 is 12.6 Å². The second-order valence-electron chi connectivity index (χ2n) is 5.91. The summed E-state index contributed by atoms with van der Waals surface area (Å²) < 4.78 is 1.84. The third-order valence-electron chi connectivity index (χ3n) is 3.45. The van der Waals surface area contributed by atoms with Gasteiger partial charge in [0, 0.05) is 6.54 Å². The lowest BCUT2D eigenvalue weighted by molar-refractivity contribution is 0.457. The Labute approximate surface area is 145 Å². The molecular formula is C16H17N7S. The second kappa shape index (κ2) is 6.84. The average Bonchev–Trinajstić information content (AvgIpc) is 3.15. The van der Waals surface area contributed by atoms with E-state index in [1.54, 1.807) is 18.3 Å². The maximum absolute atomic E-state index is 8.83. The molecule has 0 amide bonds. The number of hydrogen-bond donors (Lipinski definition) is 1. The average molecular weight is 339 g/mol. The summed E-state index contributed by atoms with van der Waals surface area (Å²) in [5.41, 5.74) is 2.40. The molecule has 0 aliphatic rings. The van der Waals surface area contributed by atoms with Gasteiger partial charge in [-0.05, 0) is 28.8 Å². The van der Waals surface area contributed by atoms with Crippen molar-refractivity contribution in [2.24, 2.45) is 5.92 Å². The van der Waals surface area contributed by atoms with E-state index in [0.717, 1.165) is 22.7 Å². The van der Waals surface area contributed by atoms with Crippen LogP contribution < -0.4 is 0 Å². The van der Waals surface area contributed by atoms with Crippen LogP contribution in [-0.4, -0.2) is 30.0 Å². The largest absolute Gasteiger partial charge is 0.258 e. The summed E-state index contributed by atoms with van der Waals surface area (Å²) >= 11 is 4.53. The molecule has 0 saturated carbocycles. The topological polar surface area (TPSA) is 85.2 Å². The molecule has 2 aromatic heterocycles. The zero-order valence-electron chi connectivity index (χ0n) is 13.5. The molecule has 24 heavy (non-hydrogen) atoms. The minimum Gasteiger partial charge on any atom is -0.258 e. The van der Waals surface area contributed by atoms with Crippen molar-refractivity contribution in [2.75, 3.05) is 0 Å². The van der Waals surface area contributed by atoms with Gasteiger partial charge in [0.05, 0.1) is 29.9 Å². The Morgan fingerprint density at radius 1 is 1.25 bits per heavy atom. The number of aromatic nitrogens is 6. The van der Waals surface area contributed by atoms with Gasteiger partial charge in [0.2, 0.25) is 5.82 Å². The van der Waals surface area contributed by atoms with E-state index in [2.05, 4.69) is 53.1 Å². The standard InChI is InChI=1S/C16H17N7S/c1-11(2)9-22-16(24)14(8-18-22)15-19-21-23(20-15)10-13-5-3-12(7-17)4-6-13/h3-6,8,11,24H,9-10H2,1-2H3. The molecule has 3 aromatic rings.